The smallest absolute Gasteiger partial charge is 0.270 e. The summed E-state index contributed by atoms with van der Waals surface area (Å²) in [6.07, 6.45) is 3.44. The lowest BCUT2D eigenvalue weighted by Crippen LogP contribution is -2.37. The van der Waals surface area contributed by atoms with Crippen molar-refractivity contribution in [2.75, 3.05) is 13.2 Å². The molecule has 1 unspecified atom stereocenters. The van der Waals surface area contributed by atoms with Gasteiger partial charge in [0, 0.05) is 37.0 Å². The number of carbonyl (C=O) groups excluding carboxylic acids is 2. The van der Waals surface area contributed by atoms with Crippen molar-refractivity contribution in [1.29, 1.82) is 0 Å². The predicted molar refractivity (Wildman–Crippen MR) is 92.6 cm³/mol. The largest absolute Gasteiger partial charge is 0.508 e. The molecule has 6 heteroatoms. The third kappa shape index (κ3) is 4.09. The summed E-state index contributed by atoms with van der Waals surface area (Å²) in [6.45, 7) is 2.89. The van der Waals surface area contributed by atoms with Crippen molar-refractivity contribution < 1.29 is 19.4 Å². The monoisotopic (exact) mass is 342 g/mol. The molecule has 2 aromatic rings. The Kier molecular flexibility index (Phi) is 5.19. The van der Waals surface area contributed by atoms with Gasteiger partial charge in [0.1, 0.15) is 11.4 Å². The lowest BCUT2D eigenvalue weighted by Gasteiger charge is -2.25. The van der Waals surface area contributed by atoms with Crippen LogP contribution in [0.4, 0.5) is 0 Å². The molecule has 0 spiro atoms. The van der Waals surface area contributed by atoms with Gasteiger partial charge in [-0.25, -0.2) is 0 Å². The molecule has 3 rings (SSSR count). The van der Waals surface area contributed by atoms with Crippen molar-refractivity contribution in [3.63, 3.8) is 0 Å². The molecular formula is C19H22N2O4. The van der Waals surface area contributed by atoms with Gasteiger partial charge in [0.25, 0.3) is 5.91 Å². The number of aromatic nitrogens is 1. The number of ether oxygens (including phenoxy) is 1. The number of Topliss-reactive ketones (excluding diaryl/α,β-unsaturated/α-hetero) is 1. The number of rotatable bonds is 6. The molecule has 1 aromatic carbocycles. The van der Waals surface area contributed by atoms with Crippen LogP contribution < -0.4 is 0 Å². The van der Waals surface area contributed by atoms with Gasteiger partial charge in [-0.3, -0.25) is 9.59 Å². The van der Waals surface area contributed by atoms with Gasteiger partial charge < -0.3 is 19.7 Å². The molecule has 1 fully saturated rings. The molecule has 1 atom stereocenters. The zero-order valence-corrected chi connectivity index (χ0v) is 14.2. The zero-order chi connectivity index (χ0) is 17.8. The number of phenols is 1. The molecule has 132 valence electrons. The Morgan fingerprint density at radius 1 is 1.36 bits per heavy atom. The summed E-state index contributed by atoms with van der Waals surface area (Å²) in [6, 6.07) is 8.53. The Morgan fingerprint density at radius 2 is 2.16 bits per heavy atom. The SMILES string of the molecule is CC(=O)c1c[nH]c(C(=O)N(Cc2ccccc2O)CC2CCCO2)c1. The van der Waals surface area contributed by atoms with E-state index in [4.69, 9.17) is 4.74 Å². The average molecular weight is 342 g/mol. The Hall–Kier alpha value is -2.60. The second-order valence-corrected chi connectivity index (χ2v) is 6.31. The van der Waals surface area contributed by atoms with E-state index >= 15 is 0 Å². The Bertz CT molecular complexity index is 762. The highest BCUT2D eigenvalue weighted by atomic mass is 16.5. The van der Waals surface area contributed by atoms with Crippen molar-refractivity contribution in [3.8, 4) is 5.75 Å². The molecule has 25 heavy (non-hydrogen) atoms. The highest BCUT2D eigenvalue weighted by Gasteiger charge is 2.25. The number of para-hydroxylation sites is 1. The van der Waals surface area contributed by atoms with Crippen LogP contribution in [-0.4, -0.2) is 45.9 Å². The van der Waals surface area contributed by atoms with Gasteiger partial charge in [-0.15, -0.1) is 0 Å². The van der Waals surface area contributed by atoms with Crippen LogP contribution in [0.1, 0.15) is 46.2 Å². The first-order valence-electron chi connectivity index (χ1n) is 8.41. The van der Waals surface area contributed by atoms with Crippen LogP contribution in [0.3, 0.4) is 0 Å². The normalized spacial score (nSPS) is 16.8. The average Bonchev–Trinajstić information content (AvgIpc) is 3.27. The Balaban J connectivity index is 1.82. The number of phenolic OH excluding ortho intramolecular Hbond substituents is 1. The van der Waals surface area contributed by atoms with Crippen LogP contribution in [0.2, 0.25) is 0 Å². The fourth-order valence-corrected chi connectivity index (χ4v) is 2.99. The van der Waals surface area contributed by atoms with Gasteiger partial charge in [0.15, 0.2) is 5.78 Å². The van der Waals surface area contributed by atoms with Gasteiger partial charge in [0.05, 0.1) is 6.10 Å². The van der Waals surface area contributed by atoms with Crippen LogP contribution in [-0.2, 0) is 11.3 Å². The maximum absolute atomic E-state index is 12.9. The van der Waals surface area contributed by atoms with Crippen LogP contribution in [0, 0.1) is 0 Å². The molecular weight excluding hydrogens is 320 g/mol. The minimum atomic E-state index is -0.216. The van der Waals surface area contributed by atoms with Gasteiger partial charge >= 0.3 is 0 Å². The summed E-state index contributed by atoms with van der Waals surface area (Å²) in [5.74, 6) is -0.156. The molecule has 6 nitrogen and oxygen atoms in total. The quantitative estimate of drug-likeness (QED) is 0.791. The van der Waals surface area contributed by atoms with Crippen molar-refractivity contribution in [2.45, 2.75) is 32.4 Å². The van der Waals surface area contributed by atoms with E-state index in [9.17, 15) is 14.7 Å². The van der Waals surface area contributed by atoms with E-state index < -0.39 is 0 Å². The number of aromatic amines is 1. The van der Waals surface area contributed by atoms with E-state index in [0.29, 0.717) is 30.0 Å². The van der Waals surface area contributed by atoms with E-state index in [1.807, 2.05) is 6.07 Å². The first-order chi connectivity index (χ1) is 12.0. The third-order valence-electron chi connectivity index (χ3n) is 4.41. The minimum Gasteiger partial charge on any atom is -0.508 e. The first-order valence-corrected chi connectivity index (χ1v) is 8.41. The molecule has 0 aliphatic carbocycles. The number of hydrogen-bond acceptors (Lipinski definition) is 4. The highest BCUT2D eigenvalue weighted by Crippen LogP contribution is 2.21. The number of ketones is 1. The number of H-pyrrole nitrogens is 1. The van der Waals surface area contributed by atoms with E-state index in [2.05, 4.69) is 4.98 Å². The number of amides is 1. The van der Waals surface area contributed by atoms with E-state index in [1.54, 1.807) is 35.4 Å². The van der Waals surface area contributed by atoms with Crippen LogP contribution >= 0.6 is 0 Å². The van der Waals surface area contributed by atoms with Crippen LogP contribution in [0.5, 0.6) is 5.75 Å². The number of nitrogens with zero attached hydrogens (tertiary/aromatic N) is 1. The molecule has 2 heterocycles. The van der Waals surface area contributed by atoms with E-state index in [0.717, 1.165) is 12.8 Å². The van der Waals surface area contributed by atoms with Crippen LogP contribution in [0.25, 0.3) is 0 Å². The topological polar surface area (TPSA) is 82.6 Å². The van der Waals surface area contributed by atoms with Crippen molar-refractivity contribution in [2.24, 2.45) is 0 Å². The second-order valence-electron chi connectivity index (χ2n) is 6.31. The van der Waals surface area contributed by atoms with Gasteiger partial charge in [-0.05, 0) is 31.9 Å². The zero-order valence-electron chi connectivity index (χ0n) is 14.2. The number of carbonyl (C=O) groups is 2. The van der Waals surface area contributed by atoms with Gasteiger partial charge in [0.2, 0.25) is 0 Å². The van der Waals surface area contributed by atoms with Crippen LogP contribution in [0.15, 0.2) is 36.5 Å². The molecule has 2 N–H and O–H groups in total. The van der Waals surface area contributed by atoms with Crippen molar-refractivity contribution in [3.05, 3.63) is 53.3 Å². The lowest BCUT2D eigenvalue weighted by molar-refractivity contribution is 0.0502. The van der Waals surface area contributed by atoms with E-state index in [-0.39, 0.29) is 30.1 Å². The molecule has 0 bridgehead atoms. The summed E-state index contributed by atoms with van der Waals surface area (Å²) >= 11 is 0. The summed E-state index contributed by atoms with van der Waals surface area (Å²) in [5.41, 5.74) is 1.51. The third-order valence-corrected chi connectivity index (χ3v) is 4.41. The lowest BCUT2D eigenvalue weighted by atomic mass is 10.1. The number of hydrogen-bond donors (Lipinski definition) is 2. The Labute approximate surface area is 146 Å². The molecule has 1 saturated heterocycles. The van der Waals surface area contributed by atoms with Gasteiger partial charge in [-0.2, -0.15) is 0 Å². The predicted octanol–water partition coefficient (Wildman–Crippen LogP) is 2.74. The highest BCUT2D eigenvalue weighted by molar-refractivity contribution is 5.99. The fraction of sp³-hybridized carbons (Fsp3) is 0.368. The molecule has 1 aromatic heterocycles. The van der Waals surface area contributed by atoms with Crippen molar-refractivity contribution >= 4 is 11.7 Å². The summed E-state index contributed by atoms with van der Waals surface area (Å²) < 4.78 is 5.66. The summed E-state index contributed by atoms with van der Waals surface area (Å²) in [7, 11) is 0. The molecule has 0 saturated carbocycles. The first kappa shape index (κ1) is 17.2. The second kappa shape index (κ2) is 7.53. The molecule has 0 radical (unpaired) electrons. The van der Waals surface area contributed by atoms with Crippen molar-refractivity contribution in [1.82, 2.24) is 9.88 Å². The molecule has 1 aliphatic heterocycles. The maximum Gasteiger partial charge on any atom is 0.270 e. The number of aromatic hydroxyl groups is 1. The maximum atomic E-state index is 12.9. The Morgan fingerprint density at radius 3 is 2.80 bits per heavy atom. The summed E-state index contributed by atoms with van der Waals surface area (Å²) in [5, 5.41) is 10.0. The standard InChI is InChI=1S/C19H22N2O4/c1-13(22)15-9-17(20-10-15)19(24)21(12-16-6-4-8-25-16)11-14-5-2-3-7-18(14)23/h2-3,5,7,9-10,16,20,23H,4,6,8,11-12H2,1H3. The molecule has 1 amide bonds. The number of benzene rings is 1. The molecule has 1 aliphatic rings. The van der Waals surface area contributed by atoms with Gasteiger partial charge in [-0.1, -0.05) is 18.2 Å². The van der Waals surface area contributed by atoms with E-state index in [1.165, 1.54) is 6.92 Å². The minimum absolute atomic E-state index is 0.00274. The summed E-state index contributed by atoms with van der Waals surface area (Å²) in [4.78, 5) is 28.9. The number of nitrogens with one attached hydrogen (secondary N) is 1. The fourth-order valence-electron chi connectivity index (χ4n) is 2.99.